The molecule has 0 saturated carbocycles. The molecule has 58 valence electrons. The van der Waals surface area contributed by atoms with Crippen molar-refractivity contribution in [1.29, 1.82) is 0 Å². The van der Waals surface area contributed by atoms with Gasteiger partial charge in [0.25, 0.3) is 0 Å². The van der Waals surface area contributed by atoms with Gasteiger partial charge in [-0.2, -0.15) is 0 Å². The molecule has 2 heteroatoms. The molecule has 2 rings (SSSR count). The highest BCUT2D eigenvalue weighted by Gasteiger charge is 2.22. The fraction of sp³-hybridized carbons (Fsp3) is 0.333. The van der Waals surface area contributed by atoms with Gasteiger partial charge in [-0.05, 0) is 10.9 Å². The molecule has 1 heterocycles. The summed E-state index contributed by atoms with van der Waals surface area (Å²) in [5.41, 5.74) is 1.38. The summed E-state index contributed by atoms with van der Waals surface area (Å²) in [6.07, 6.45) is 1.57. The van der Waals surface area contributed by atoms with Crippen LogP contribution < -0.4 is 5.30 Å². The van der Waals surface area contributed by atoms with Gasteiger partial charge >= 0.3 is 0 Å². The highest BCUT2D eigenvalue weighted by molar-refractivity contribution is 7.27. The molecular weight excluding hydrogens is 155 g/mol. The van der Waals surface area contributed by atoms with Crippen molar-refractivity contribution in [2.24, 2.45) is 0 Å². The Morgan fingerprint density at radius 3 is 3.00 bits per heavy atom. The average Bonchev–Trinajstić information content (AvgIpc) is 2.71. The molecule has 0 spiro atoms. The normalized spacial score (nSPS) is 21.7. The fourth-order valence-corrected chi connectivity index (χ4v) is 1.49. The third-order valence-corrected chi connectivity index (χ3v) is 2.18. The summed E-state index contributed by atoms with van der Waals surface area (Å²) in [6.45, 7) is 0.946. The molecule has 1 aromatic rings. The molecule has 2 atom stereocenters. The van der Waals surface area contributed by atoms with Crippen molar-refractivity contribution < 1.29 is 4.74 Å². The lowest BCUT2D eigenvalue weighted by molar-refractivity contribution is 0.407. The summed E-state index contributed by atoms with van der Waals surface area (Å²) in [5, 5.41) is 1.25. The second kappa shape index (κ2) is 2.92. The standard InChI is InChI=1S/C9H11OP/c11-9-3-1-2-7(5-9)4-8-6-10-8/h1-3,5,8H,4,6,11H2. The monoisotopic (exact) mass is 166 g/mol. The molecule has 0 radical (unpaired) electrons. The molecule has 1 aromatic carbocycles. The topological polar surface area (TPSA) is 12.5 Å². The predicted octanol–water partition coefficient (Wildman–Crippen LogP) is 1.13. The zero-order chi connectivity index (χ0) is 7.68. The van der Waals surface area contributed by atoms with Crippen molar-refractivity contribution in [3.63, 3.8) is 0 Å². The second-order valence-electron chi connectivity index (χ2n) is 2.90. The van der Waals surface area contributed by atoms with E-state index in [4.69, 9.17) is 4.74 Å². The number of hydrogen-bond acceptors (Lipinski definition) is 1. The zero-order valence-electron chi connectivity index (χ0n) is 6.29. The minimum absolute atomic E-state index is 0.502. The van der Waals surface area contributed by atoms with Crippen molar-refractivity contribution in [3.05, 3.63) is 29.8 Å². The van der Waals surface area contributed by atoms with E-state index in [0.717, 1.165) is 13.0 Å². The minimum Gasteiger partial charge on any atom is -0.373 e. The van der Waals surface area contributed by atoms with E-state index >= 15 is 0 Å². The maximum Gasteiger partial charge on any atom is 0.0850 e. The lowest BCUT2D eigenvalue weighted by Gasteiger charge is -1.97. The van der Waals surface area contributed by atoms with E-state index in [2.05, 4.69) is 33.5 Å². The van der Waals surface area contributed by atoms with Gasteiger partial charge in [0.05, 0.1) is 12.7 Å². The minimum atomic E-state index is 0.502. The number of rotatable bonds is 2. The highest BCUT2D eigenvalue weighted by Crippen LogP contribution is 2.15. The number of benzene rings is 1. The van der Waals surface area contributed by atoms with Gasteiger partial charge in [-0.1, -0.05) is 24.3 Å². The SMILES string of the molecule is Pc1cccc(CC2CO2)c1. The Balaban J connectivity index is 2.10. The van der Waals surface area contributed by atoms with Crippen LogP contribution in [0.25, 0.3) is 0 Å². The molecule has 1 saturated heterocycles. The van der Waals surface area contributed by atoms with Crippen LogP contribution in [0.1, 0.15) is 5.56 Å². The third kappa shape index (κ3) is 2.02. The van der Waals surface area contributed by atoms with Gasteiger partial charge in [-0.25, -0.2) is 0 Å². The first-order valence-corrected chi connectivity index (χ1v) is 4.38. The fourth-order valence-electron chi connectivity index (χ4n) is 1.17. The van der Waals surface area contributed by atoms with E-state index in [-0.39, 0.29) is 0 Å². The van der Waals surface area contributed by atoms with Crippen LogP contribution in [-0.4, -0.2) is 12.7 Å². The van der Waals surface area contributed by atoms with Crippen molar-refractivity contribution >= 4 is 14.5 Å². The summed E-state index contributed by atoms with van der Waals surface area (Å²) < 4.78 is 5.15. The van der Waals surface area contributed by atoms with Crippen LogP contribution >= 0.6 is 9.24 Å². The Labute approximate surface area is 69.0 Å². The van der Waals surface area contributed by atoms with Gasteiger partial charge in [-0.3, -0.25) is 0 Å². The summed E-state index contributed by atoms with van der Waals surface area (Å²) in [4.78, 5) is 0. The summed E-state index contributed by atoms with van der Waals surface area (Å²) >= 11 is 0. The molecule has 0 amide bonds. The maximum atomic E-state index is 5.15. The van der Waals surface area contributed by atoms with Gasteiger partial charge in [0.15, 0.2) is 0 Å². The van der Waals surface area contributed by atoms with E-state index in [1.165, 1.54) is 10.9 Å². The molecule has 1 aliphatic rings. The van der Waals surface area contributed by atoms with Crippen LogP contribution in [-0.2, 0) is 11.2 Å². The molecule has 1 nitrogen and oxygen atoms in total. The maximum absolute atomic E-state index is 5.15. The molecule has 2 unspecified atom stereocenters. The second-order valence-corrected chi connectivity index (χ2v) is 3.57. The first-order valence-electron chi connectivity index (χ1n) is 3.80. The van der Waals surface area contributed by atoms with Crippen LogP contribution in [0.3, 0.4) is 0 Å². The van der Waals surface area contributed by atoms with Crippen LogP contribution in [0.15, 0.2) is 24.3 Å². The van der Waals surface area contributed by atoms with Crippen molar-refractivity contribution in [2.75, 3.05) is 6.61 Å². The molecule has 0 aromatic heterocycles. The highest BCUT2D eigenvalue weighted by atomic mass is 31.0. The van der Waals surface area contributed by atoms with Crippen molar-refractivity contribution in [3.8, 4) is 0 Å². The van der Waals surface area contributed by atoms with Crippen molar-refractivity contribution in [2.45, 2.75) is 12.5 Å². The first-order chi connectivity index (χ1) is 5.34. The van der Waals surface area contributed by atoms with Crippen LogP contribution in [0.2, 0.25) is 0 Å². The van der Waals surface area contributed by atoms with Gasteiger partial charge in [-0.15, -0.1) is 9.24 Å². The quantitative estimate of drug-likeness (QED) is 0.474. The van der Waals surface area contributed by atoms with Crippen LogP contribution in [0.4, 0.5) is 0 Å². The Morgan fingerprint density at radius 1 is 1.55 bits per heavy atom. The Hall–Kier alpha value is -0.390. The summed E-state index contributed by atoms with van der Waals surface area (Å²) in [7, 11) is 2.70. The molecule has 0 N–H and O–H groups in total. The molecule has 1 aliphatic heterocycles. The molecule has 0 bridgehead atoms. The predicted molar refractivity (Wildman–Crippen MR) is 49.2 cm³/mol. The number of ether oxygens (including phenoxy) is 1. The molecule has 0 aliphatic carbocycles. The molecule has 11 heavy (non-hydrogen) atoms. The van der Waals surface area contributed by atoms with E-state index in [1.54, 1.807) is 0 Å². The molecule has 1 fully saturated rings. The Kier molecular flexibility index (Phi) is 1.93. The van der Waals surface area contributed by atoms with E-state index in [1.807, 2.05) is 0 Å². The summed E-state index contributed by atoms with van der Waals surface area (Å²) in [5.74, 6) is 0. The lowest BCUT2D eigenvalue weighted by Crippen LogP contribution is -1.97. The average molecular weight is 166 g/mol. The largest absolute Gasteiger partial charge is 0.373 e. The van der Waals surface area contributed by atoms with Gasteiger partial charge in [0.1, 0.15) is 0 Å². The third-order valence-electron chi connectivity index (χ3n) is 1.82. The first kappa shape index (κ1) is 7.27. The van der Waals surface area contributed by atoms with E-state index in [0.29, 0.717) is 6.10 Å². The molecular formula is C9H11OP. The van der Waals surface area contributed by atoms with Gasteiger partial charge in [0, 0.05) is 6.42 Å². The smallest absolute Gasteiger partial charge is 0.0850 e. The Bertz CT molecular complexity index is 255. The summed E-state index contributed by atoms with van der Waals surface area (Å²) in [6, 6.07) is 8.50. The number of epoxide rings is 1. The zero-order valence-corrected chi connectivity index (χ0v) is 7.44. The van der Waals surface area contributed by atoms with Gasteiger partial charge in [0.2, 0.25) is 0 Å². The lowest BCUT2D eigenvalue weighted by atomic mass is 10.1. The van der Waals surface area contributed by atoms with E-state index in [9.17, 15) is 0 Å². The van der Waals surface area contributed by atoms with Crippen LogP contribution in [0.5, 0.6) is 0 Å². The number of hydrogen-bond donors (Lipinski definition) is 0. The van der Waals surface area contributed by atoms with Crippen LogP contribution in [0, 0.1) is 0 Å². The Morgan fingerprint density at radius 2 is 2.36 bits per heavy atom. The van der Waals surface area contributed by atoms with Gasteiger partial charge < -0.3 is 4.74 Å². The van der Waals surface area contributed by atoms with Crippen molar-refractivity contribution in [1.82, 2.24) is 0 Å². The van der Waals surface area contributed by atoms with E-state index < -0.39 is 0 Å².